The van der Waals surface area contributed by atoms with Gasteiger partial charge in [-0.3, -0.25) is 9.48 Å². The Morgan fingerprint density at radius 1 is 1.23 bits per heavy atom. The molecule has 3 aromatic rings. The number of nitrogens with one attached hydrogen (secondary N) is 2. The number of hydrogen-bond acceptors (Lipinski definition) is 8. The lowest BCUT2D eigenvalue weighted by Gasteiger charge is -2.26. The van der Waals surface area contributed by atoms with E-state index in [0.717, 1.165) is 39.7 Å². The van der Waals surface area contributed by atoms with E-state index in [4.69, 9.17) is 16.3 Å². The minimum atomic E-state index is -4.46. The zero-order chi connectivity index (χ0) is 31.8. The van der Waals surface area contributed by atoms with E-state index in [1.165, 1.54) is 35.3 Å². The summed E-state index contributed by atoms with van der Waals surface area (Å²) in [5, 5.41) is 11.5. The number of sulfonamides is 1. The van der Waals surface area contributed by atoms with Crippen molar-refractivity contribution in [1.82, 2.24) is 34.6 Å². The molecule has 11 nitrogen and oxygen atoms in total. The van der Waals surface area contributed by atoms with Crippen LogP contribution in [0.4, 0.5) is 13.2 Å². The van der Waals surface area contributed by atoms with E-state index in [1.54, 1.807) is 11.6 Å². The molecular formula is C27H35ClF3N7O4S. The van der Waals surface area contributed by atoms with E-state index in [-0.39, 0.29) is 38.5 Å². The molecule has 1 aliphatic heterocycles. The lowest BCUT2D eigenvalue weighted by Crippen LogP contribution is -2.37. The van der Waals surface area contributed by atoms with Crippen LogP contribution >= 0.6 is 11.6 Å². The highest BCUT2D eigenvalue weighted by atomic mass is 35.5. The average molecular weight is 646 g/mol. The van der Waals surface area contributed by atoms with Crippen molar-refractivity contribution in [1.29, 1.82) is 0 Å². The van der Waals surface area contributed by atoms with Crippen LogP contribution in [0, 0.1) is 18.3 Å². The number of aromatic nitrogens is 5. The fourth-order valence-electron chi connectivity index (χ4n) is 4.71. The number of halogens is 4. The summed E-state index contributed by atoms with van der Waals surface area (Å²) in [6.07, 6.45) is 1.23. The minimum absolute atomic E-state index is 0.0708. The maximum atomic E-state index is 13.1. The Labute approximate surface area is 253 Å². The zero-order valence-corrected chi connectivity index (χ0v) is 26.1. The molecule has 3 aromatic heterocycles. The van der Waals surface area contributed by atoms with Crippen molar-refractivity contribution in [2.45, 2.75) is 77.0 Å². The lowest BCUT2D eigenvalue weighted by atomic mass is 9.94. The summed E-state index contributed by atoms with van der Waals surface area (Å²) in [6, 6.07) is 3.97. The van der Waals surface area contributed by atoms with Gasteiger partial charge in [-0.25, -0.2) is 22.8 Å². The van der Waals surface area contributed by atoms with E-state index >= 15 is 0 Å². The van der Waals surface area contributed by atoms with Crippen LogP contribution in [0.2, 0.25) is 5.15 Å². The first-order valence-corrected chi connectivity index (χ1v) is 15.5. The second kappa shape index (κ2) is 12.1. The summed E-state index contributed by atoms with van der Waals surface area (Å²) in [4.78, 5) is 16.8. The van der Waals surface area contributed by atoms with Crippen molar-refractivity contribution in [3.63, 3.8) is 0 Å². The molecule has 0 saturated carbocycles. The van der Waals surface area contributed by atoms with Gasteiger partial charge in [0.2, 0.25) is 5.88 Å². The number of pyridine rings is 1. The van der Waals surface area contributed by atoms with Crippen LogP contribution in [0.15, 0.2) is 35.5 Å². The second-order valence-corrected chi connectivity index (χ2v) is 14.0. The molecule has 1 fully saturated rings. The number of hydrogen-bond donors (Lipinski definition) is 2. The highest BCUT2D eigenvalue weighted by Crippen LogP contribution is 2.37. The molecule has 0 aliphatic carbocycles. The summed E-state index contributed by atoms with van der Waals surface area (Å²) < 4.78 is 75.3. The third-order valence-electron chi connectivity index (χ3n) is 7.31. The summed E-state index contributed by atoms with van der Waals surface area (Å²) in [5.41, 5.74) is -1.92. The molecule has 236 valence electrons. The highest BCUT2D eigenvalue weighted by Gasteiger charge is 2.48. The van der Waals surface area contributed by atoms with Gasteiger partial charge in [-0.05, 0) is 78.5 Å². The first-order valence-electron chi connectivity index (χ1n) is 13.7. The van der Waals surface area contributed by atoms with Gasteiger partial charge in [0.15, 0.2) is 5.82 Å². The smallest absolute Gasteiger partial charge is 0.397 e. The first kappa shape index (κ1) is 32.7. The van der Waals surface area contributed by atoms with E-state index < -0.39 is 34.1 Å². The Hall–Kier alpha value is -3.17. The SMILES string of the molecule is Cc1nn(CCCC2CNC(C)(C)C2)cc1S(=O)(=O)NC(=O)c1ccc(-n2ccc(OCC(C)(C)C(F)(F)F)n2)nc1Cl. The number of amides is 1. The predicted molar refractivity (Wildman–Crippen MR) is 153 cm³/mol. The summed E-state index contributed by atoms with van der Waals surface area (Å²) in [6.45, 7) is 8.77. The molecule has 1 atom stereocenters. The van der Waals surface area contributed by atoms with Gasteiger partial charge in [0.05, 0.1) is 16.7 Å². The molecule has 16 heteroatoms. The second-order valence-electron chi connectivity index (χ2n) is 12.0. The van der Waals surface area contributed by atoms with Crippen molar-refractivity contribution < 1.29 is 31.1 Å². The predicted octanol–water partition coefficient (Wildman–Crippen LogP) is 4.68. The number of carbonyl (C=O) groups is 1. The molecule has 0 aromatic carbocycles. The third-order valence-corrected chi connectivity index (χ3v) is 9.03. The summed E-state index contributed by atoms with van der Waals surface area (Å²) >= 11 is 6.21. The van der Waals surface area contributed by atoms with Crippen LogP contribution in [0.1, 0.15) is 63.0 Å². The van der Waals surface area contributed by atoms with E-state index in [9.17, 15) is 26.4 Å². The number of ether oxygens (including phenoxy) is 1. The van der Waals surface area contributed by atoms with Gasteiger partial charge in [-0.2, -0.15) is 18.3 Å². The Morgan fingerprint density at radius 3 is 2.58 bits per heavy atom. The maximum absolute atomic E-state index is 13.1. The van der Waals surface area contributed by atoms with Gasteiger partial charge < -0.3 is 10.1 Å². The quantitative estimate of drug-likeness (QED) is 0.287. The standard InChI is InChI=1S/C27H35ClF3N7O4S/c1-17-20(15-37(34-17)11-6-7-18-13-26(4,5)32-14-18)43(40,41)36-24(39)19-8-9-21(33-23(19)28)38-12-10-22(35-38)42-16-25(2,3)27(29,30)31/h8-10,12,15,18,32H,6-7,11,13-14,16H2,1-5H3,(H,36,39). The number of aryl methyl sites for hydroxylation is 2. The lowest BCUT2D eigenvalue weighted by molar-refractivity contribution is -0.219. The van der Waals surface area contributed by atoms with Crippen molar-refractivity contribution >= 4 is 27.5 Å². The van der Waals surface area contributed by atoms with Crippen LogP contribution in [-0.2, 0) is 16.6 Å². The zero-order valence-electron chi connectivity index (χ0n) is 24.5. The normalized spacial score (nSPS) is 17.3. The molecule has 2 N–H and O–H groups in total. The molecule has 1 aliphatic rings. The van der Waals surface area contributed by atoms with Crippen molar-refractivity contribution in [2.75, 3.05) is 13.2 Å². The number of carbonyl (C=O) groups excluding carboxylic acids is 1. The summed E-state index contributed by atoms with van der Waals surface area (Å²) in [5.74, 6) is -0.383. The largest absolute Gasteiger partial charge is 0.476 e. The number of nitrogens with zero attached hydrogens (tertiary/aromatic N) is 5. The molecule has 1 saturated heterocycles. The fourth-order valence-corrected chi connectivity index (χ4v) is 6.10. The third kappa shape index (κ3) is 7.87. The molecule has 0 radical (unpaired) electrons. The van der Waals surface area contributed by atoms with Crippen LogP contribution in [-0.4, -0.2) is 63.7 Å². The van der Waals surface area contributed by atoms with Gasteiger partial charge in [0.25, 0.3) is 15.9 Å². The van der Waals surface area contributed by atoms with Gasteiger partial charge in [-0.15, -0.1) is 5.10 Å². The molecule has 4 heterocycles. The fraction of sp³-hybridized carbons (Fsp3) is 0.556. The molecule has 0 spiro atoms. The Kier molecular flexibility index (Phi) is 9.20. The average Bonchev–Trinajstić information content (AvgIpc) is 3.60. The van der Waals surface area contributed by atoms with E-state index in [1.807, 2.05) is 4.72 Å². The van der Waals surface area contributed by atoms with Crippen molar-refractivity contribution in [3.8, 4) is 11.7 Å². The molecular weight excluding hydrogens is 611 g/mol. The Morgan fingerprint density at radius 2 is 1.95 bits per heavy atom. The number of alkyl halides is 3. The van der Waals surface area contributed by atoms with Gasteiger partial charge in [0, 0.05) is 30.5 Å². The van der Waals surface area contributed by atoms with E-state index in [2.05, 4.69) is 34.3 Å². The van der Waals surface area contributed by atoms with E-state index in [0.29, 0.717) is 12.5 Å². The Balaban J connectivity index is 1.37. The van der Waals surface area contributed by atoms with Gasteiger partial charge in [0.1, 0.15) is 16.7 Å². The topological polar surface area (TPSA) is 133 Å². The minimum Gasteiger partial charge on any atom is -0.476 e. The highest BCUT2D eigenvalue weighted by molar-refractivity contribution is 7.90. The molecule has 0 bridgehead atoms. The molecule has 4 rings (SSSR count). The van der Waals surface area contributed by atoms with Crippen LogP contribution in [0.3, 0.4) is 0 Å². The first-order chi connectivity index (χ1) is 19.9. The number of rotatable bonds is 11. The molecule has 1 unspecified atom stereocenters. The van der Waals surface area contributed by atoms with Gasteiger partial charge in [-0.1, -0.05) is 11.6 Å². The molecule has 43 heavy (non-hydrogen) atoms. The van der Waals surface area contributed by atoms with Crippen molar-refractivity contribution in [3.05, 3.63) is 47.0 Å². The monoisotopic (exact) mass is 645 g/mol. The summed E-state index contributed by atoms with van der Waals surface area (Å²) in [7, 11) is -4.27. The Bertz CT molecular complexity index is 1590. The van der Waals surface area contributed by atoms with Gasteiger partial charge >= 0.3 is 6.18 Å². The van der Waals surface area contributed by atoms with Crippen molar-refractivity contribution in [2.24, 2.45) is 11.3 Å². The van der Waals surface area contributed by atoms with Crippen LogP contribution < -0.4 is 14.8 Å². The molecule has 1 amide bonds. The maximum Gasteiger partial charge on any atom is 0.397 e. The van der Waals surface area contributed by atoms with Crippen LogP contribution in [0.25, 0.3) is 5.82 Å². The van der Waals surface area contributed by atoms with Crippen LogP contribution in [0.5, 0.6) is 5.88 Å².